The molecular weight excluding hydrogens is 319 g/mol. The molecule has 0 fully saturated rings. The maximum atomic E-state index is 13.1. The van der Waals surface area contributed by atoms with E-state index >= 15 is 0 Å². The van der Waals surface area contributed by atoms with Crippen molar-refractivity contribution in [2.75, 3.05) is 23.1 Å². The standard InChI is InChI=1S/C11H11FN4OS3/c1-18-10-15-16-11(20-10)19-5-9(17)14-8-4-6(12)2-3-7(8)13/h2-4H,5,13H2,1H3,(H,14,17). The van der Waals surface area contributed by atoms with Crippen molar-refractivity contribution in [2.24, 2.45) is 0 Å². The van der Waals surface area contributed by atoms with Crippen LogP contribution in [0.15, 0.2) is 26.9 Å². The molecule has 1 aromatic carbocycles. The number of hydrogen-bond acceptors (Lipinski definition) is 7. The van der Waals surface area contributed by atoms with Gasteiger partial charge in [-0.25, -0.2) is 4.39 Å². The average molecular weight is 330 g/mol. The smallest absolute Gasteiger partial charge is 0.234 e. The molecule has 0 unspecified atom stereocenters. The van der Waals surface area contributed by atoms with Crippen LogP contribution in [0.5, 0.6) is 0 Å². The van der Waals surface area contributed by atoms with Crippen LogP contribution < -0.4 is 11.1 Å². The van der Waals surface area contributed by atoms with Gasteiger partial charge in [0.05, 0.1) is 17.1 Å². The number of amides is 1. The quantitative estimate of drug-likeness (QED) is 0.648. The third-order valence-electron chi connectivity index (χ3n) is 2.18. The fourth-order valence-corrected chi connectivity index (χ4v) is 3.53. The van der Waals surface area contributed by atoms with E-state index in [4.69, 9.17) is 5.73 Å². The zero-order valence-corrected chi connectivity index (χ0v) is 12.9. The lowest BCUT2D eigenvalue weighted by atomic mass is 10.2. The van der Waals surface area contributed by atoms with Crippen LogP contribution in [0.25, 0.3) is 0 Å². The van der Waals surface area contributed by atoms with Gasteiger partial charge in [-0.3, -0.25) is 4.79 Å². The summed E-state index contributed by atoms with van der Waals surface area (Å²) >= 11 is 4.21. The molecule has 3 N–H and O–H groups in total. The van der Waals surface area contributed by atoms with Gasteiger partial charge in [0.2, 0.25) is 5.91 Å². The lowest BCUT2D eigenvalue weighted by Crippen LogP contribution is -2.15. The van der Waals surface area contributed by atoms with Gasteiger partial charge >= 0.3 is 0 Å². The Hall–Kier alpha value is -1.32. The molecule has 0 saturated carbocycles. The number of carbonyl (C=O) groups excluding carboxylic acids is 1. The molecule has 0 aliphatic heterocycles. The topological polar surface area (TPSA) is 80.9 Å². The molecule has 0 saturated heterocycles. The number of carbonyl (C=O) groups is 1. The van der Waals surface area contributed by atoms with Crippen LogP contribution in [0.2, 0.25) is 0 Å². The zero-order valence-electron chi connectivity index (χ0n) is 10.4. The molecule has 1 heterocycles. The third-order valence-corrected chi connectivity index (χ3v) is 5.21. The van der Waals surface area contributed by atoms with E-state index in [-0.39, 0.29) is 17.3 Å². The Bertz CT molecular complexity index is 619. The van der Waals surface area contributed by atoms with Crippen LogP contribution in [-0.2, 0) is 4.79 Å². The van der Waals surface area contributed by atoms with Gasteiger partial charge in [0.1, 0.15) is 5.82 Å². The highest BCUT2D eigenvalue weighted by atomic mass is 32.2. The molecule has 20 heavy (non-hydrogen) atoms. The maximum absolute atomic E-state index is 13.1. The Balaban J connectivity index is 1.90. The minimum absolute atomic E-state index is 0.166. The first-order chi connectivity index (χ1) is 9.58. The van der Waals surface area contributed by atoms with Crippen molar-refractivity contribution in [1.82, 2.24) is 10.2 Å². The summed E-state index contributed by atoms with van der Waals surface area (Å²) in [5.41, 5.74) is 6.26. The van der Waals surface area contributed by atoms with E-state index in [1.165, 1.54) is 53.1 Å². The predicted molar refractivity (Wildman–Crippen MR) is 81.9 cm³/mol. The first-order valence-electron chi connectivity index (χ1n) is 5.43. The second kappa shape index (κ2) is 6.91. The fourth-order valence-electron chi connectivity index (χ4n) is 1.29. The Morgan fingerprint density at radius 3 is 2.90 bits per heavy atom. The fraction of sp³-hybridized carbons (Fsp3) is 0.182. The SMILES string of the molecule is CSc1nnc(SCC(=O)Nc2cc(F)ccc2N)s1. The van der Waals surface area contributed by atoms with E-state index in [1.54, 1.807) is 0 Å². The van der Waals surface area contributed by atoms with Crippen molar-refractivity contribution in [3.05, 3.63) is 24.0 Å². The van der Waals surface area contributed by atoms with E-state index in [2.05, 4.69) is 15.5 Å². The zero-order chi connectivity index (χ0) is 14.5. The number of benzene rings is 1. The highest BCUT2D eigenvalue weighted by Crippen LogP contribution is 2.27. The van der Waals surface area contributed by atoms with Crippen LogP contribution in [-0.4, -0.2) is 28.1 Å². The number of nitrogens with zero attached hydrogens (tertiary/aromatic N) is 2. The summed E-state index contributed by atoms with van der Waals surface area (Å²) in [6.45, 7) is 0. The molecule has 0 bridgehead atoms. The van der Waals surface area contributed by atoms with E-state index in [1.807, 2.05) is 6.26 Å². The van der Waals surface area contributed by atoms with Crippen LogP contribution in [0.3, 0.4) is 0 Å². The normalized spacial score (nSPS) is 10.5. The summed E-state index contributed by atoms with van der Waals surface area (Å²) in [5, 5.41) is 10.4. The van der Waals surface area contributed by atoms with Gasteiger partial charge in [-0.15, -0.1) is 10.2 Å². The largest absolute Gasteiger partial charge is 0.397 e. The van der Waals surface area contributed by atoms with E-state index in [0.29, 0.717) is 5.69 Å². The Morgan fingerprint density at radius 1 is 1.45 bits per heavy atom. The monoisotopic (exact) mass is 330 g/mol. The predicted octanol–water partition coefficient (Wildman–Crippen LogP) is 2.71. The Kier molecular flexibility index (Phi) is 5.21. The number of anilines is 2. The maximum Gasteiger partial charge on any atom is 0.234 e. The van der Waals surface area contributed by atoms with Crippen LogP contribution >= 0.6 is 34.9 Å². The Labute approximate surface area is 127 Å². The van der Waals surface area contributed by atoms with Gasteiger partial charge in [0, 0.05) is 0 Å². The molecule has 9 heteroatoms. The molecule has 0 aliphatic rings. The highest BCUT2D eigenvalue weighted by Gasteiger charge is 2.10. The number of nitrogens with two attached hydrogens (primary N) is 1. The number of thioether (sulfide) groups is 2. The molecule has 2 rings (SSSR count). The van der Waals surface area contributed by atoms with E-state index < -0.39 is 5.82 Å². The molecule has 2 aromatic rings. The first-order valence-corrected chi connectivity index (χ1v) is 8.46. The minimum Gasteiger partial charge on any atom is -0.397 e. The van der Waals surface area contributed by atoms with Gasteiger partial charge < -0.3 is 11.1 Å². The van der Waals surface area contributed by atoms with Crippen molar-refractivity contribution >= 4 is 52.1 Å². The number of nitrogens with one attached hydrogen (secondary N) is 1. The molecule has 5 nitrogen and oxygen atoms in total. The number of nitrogen functional groups attached to an aromatic ring is 1. The van der Waals surface area contributed by atoms with Crippen molar-refractivity contribution in [3.63, 3.8) is 0 Å². The number of rotatable bonds is 5. The lowest BCUT2D eigenvalue weighted by Gasteiger charge is -2.07. The molecule has 106 valence electrons. The van der Waals surface area contributed by atoms with Crippen molar-refractivity contribution in [1.29, 1.82) is 0 Å². The van der Waals surface area contributed by atoms with Gasteiger partial charge in [0.15, 0.2) is 8.68 Å². The summed E-state index contributed by atoms with van der Waals surface area (Å²) in [6.07, 6.45) is 1.91. The molecule has 0 atom stereocenters. The summed E-state index contributed by atoms with van der Waals surface area (Å²) in [5.74, 6) is -0.553. The molecule has 0 aliphatic carbocycles. The summed E-state index contributed by atoms with van der Waals surface area (Å²) < 4.78 is 14.6. The summed E-state index contributed by atoms with van der Waals surface area (Å²) in [7, 11) is 0. The Morgan fingerprint density at radius 2 is 2.20 bits per heavy atom. The van der Waals surface area contributed by atoms with Gasteiger partial charge in [-0.05, 0) is 24.5 Å². The second-order valence-electron chi connectivity index (χ2n) is 3.61. The van der Waals surface area contributed by atoms with E-state index in [0.717, 1.165) is 8.68 Å². The molecule has 1 aromatic heterocycles. The molecule has 0 spiro atoms. The highest BCUT2D eigenvalue weighted by molar-refractivity contribution is 8.03. The van der Waals surface area contributed by atoms with E-state index in [9.17, 15) is 9.18 Å². The molecule has 0 radical (unpaired) electrons. The van der Waals surface area contributed by atoms with Gasteiger partial charge in [-0.2, -0.15) is 0 Å². The van der Waals surface area contributed by atoms with Crippen molar-refractivity contribution in [2.45, 2.75) is 8.68 Å². The lowest BCUT2D eigenvalue weighted by molar-refractivity contribution is -0.113. The van der Waals surface area contributed by atoms with Crippen LogP contribution in [0, 0.1) is 5.82 Å². The van der Waals surface area contributed by atoms with Gasteiger partial charge in [0.25, 0.3) is 0 Å². The molecular formula is C11H11FN4OS3. The van der Waals surface area contributed by atoms with Gasteiger partial charge in [-0.1, -0.05) is 34.9 Å². The molecule has 1 amide bonds. The second-order valence-corrected chi connectivity index (χ2v) is 6.86. The first kappa shape index (κ1) is 15.1. The summed E-state index contributed by atoms with van der Waals surface area (Å²) in [6, 6.07) is 3.84. The van der Waals surface area contributed by atoms with Crippen molar-refractivity contribution in [3.8, 4) is 0 Å². The average Bonchev–Trinajstić information content (AvgIpc) is 2.89. The third kappa shape index (κ3) is 4.09. The number of aromatic nitrogens is 2. The van der Waals surface area contributed by atoms with Crippen molar-refractivity contribution < 1.29 is 9.18 Å². The summed E-state index contributed by atoms with van der Waals surface area (Å²) in [4.78, 5) is 11.8. The van der Waals surface area contributed by atoms with Crippen LogP contribution in [0.1, 0.15) is 0 Å². The number of halogens is 1. The minimum atomic E-state index is -0.448. The van der Waals surface area contributed by atoms with Crippen LogP contribution in [0.4, 0.5) is 15.8 Å². The number of hydrogen-bond donors (Lipinski definition) is 2.